The number of ether oxygens (including phenoxy) is 1. The molecule has 0 atom stereocenters. The van der Waals surface area contributed by atoms with E-state index in [9.17, 15) is 0 Å². The molecule has 0 unspecified atom stereocenters. The molecule has 2 nitrogen and oxygen atoms in total. The van der Waals surface area contributed by atoms with Crippen LogP contribution in [0.15, 0.2) is 36.9 Å². The van der Waals surface area contributed by atoms with Gasteiger partial charge in [0.15, 0.2) is 0 Å². The molecule has 2 heteroatoms. The summed E-state index contributed by atoms with van der Waals surface area (Å²) in [6.45, 7) is 11.4. The van der Waals surface area contributed by atoms with Crippen molar-refractivity contribution in [3.8, 4) is 0 Å². The van der Waals surface area contributed by atoms with Crippen molar-refractivity contribution in [2.45, 2.75) is 13.8 Å². The Morgan fingerprint density at radius 3 is 2.42 bits per heavy atom. The van der Waals surface area contributed by atoms with Crippen LogP contribution in [0.4, 0.5) is 0 Å². The van der Waals surface area contributed by atoms with Crippen LogP contribution in [-0.2, 0) is 4.74 Å². The lowest BCUT2D eigenvalue weighted by Crippen LogP contribution is -2.04. The average molecular weight is 167 g/mol. The van der Waals surface area contributed by atoms with Crippen molar-refractivity contribution in [2.75, 3.05) is 7.11 Å². The predicted octanol–water partition coefficient (Wildman–Crippen LogP) is 2.42. The van der Waals surface area contributed by atoms with Crippen LogP contribution in [-0.4, -0.2) is 7.11 Å². The third-order valence-corrected chi connectivity index (χ3v) is 1.41. The highest BCUT2D eigenvalue weighted by atomic mass is 16.5. The number of nitrogens with one attached hydrogen (secondary N) is 1. The highest BCUT2D eigenvalue weighted by Gasteiger charge is 2.01. The fraction of sp³-hybridized carbons (Fsp3) is 0.400. The van der Waals surface area contributed by atoms with E-state index in [4.69, 9.17) is 4.74 Å². The first-order valence-electron chi connectivity index (χ1n) is 3.93. The molecule has 0 aliphatic rings. The average Bonchev–Trinajstić information content (AvgIpc) is 2.00. The van der Waals surface area contributed by atoms with Crippen LogP contribution >= 0.6 is 0 Å². The van der Waals surface area contributed by atoms with Crippen LogP contribution in [0.5, 0.6) is 0 Å². The number of rotatable bonds is 5. The van der Waals surface area contributed by atoms with E-state index in [1.165, 1.54) is 0 Å². The summed E-state index contributed by atoms with van der Waals surface area (Å²) in [6, 6.07) is 0. The maximum absolute atomic E-state index is 5.15. The fourth-order valence-corrected chi connectivity index (χ4v) is 0.806. The topological polar surface area (TPSA) is 21.3 Å². The van der Waals surface area contributed by atoms with Gasteiger partial charge in [-0.1, -0.05) is 27.0 Å². The normalized spacial score (nSPS) is 11.2. The van der Waals surface area contributed by atoms with Crippen LogP contribution in [0, 0.1) is 5.92 Å². The molecule has 0 aromatic rings. The number of allylic oxidation sites excluding steroid dienone is 2. The summed E-state index contributed by atoms with van der Waals surface area (Å²) in [5.41, 5.74) is 0.788. The molecule has 0 spiro atoms. The van der Waals surface area contributed by atoms with Crippen molar-refractivity contribution >= 4 is 0 Å². The lowest BCUT2D eigenvalue weighted by atomic mass is 10.1. The smallest absolute Gasteiger partial charge is 0.100 e. The maximum atomic E-state index is 5.15. The molecule has 0 aliphatic carbocycles. The summed E-state index contributed by atoms with van der Waals surface area (Å²) in [4.78, 5) is 0. The quantitative estimate of drug-likeness (QED) is 0.501. The van der Waals surface area contributed by atoms with Gasteiger partial charge in [0.25, 0.3) is 0 Å². The zero-order chi connectivity index (χ0) is 9.56. The molecule has 12 heavy (non-hydrogen) atoms. The molecule has 0 fully saturated rings. The lowest BCUT2D eigenvalue weighted by Gasteiger charge is -2.10. The minimum absolute atomic E-state index is 0.373. The zero-order valence-electron chi connectivity index (χ0n) is 8.05. The van der Waals surface area contributed by atoms with Crippen molar-refractivity contribution in [3.05, 3.63) is 36.9 Å². The van der Waals surface area contributed by atoms with E-state index >= 15 is 0 Å². The van der Waals surface area contributed by atoms with Gasteiger partial charge in [0, 0.05) is 11.6 Å². The third-order valence-electron chi connectivity index (χ3n) is 1.41. The van der Waals surface area contributed by atoms with Crippen LogP contribution in [0.25, 0.3) is 0 Å². The molecule has 0 aromatic heterocycles. The van der Waals surface area contributed by atoms with Gasteiger partial charge in [0.2, 0.25) is 0 Å². The Morgan fingerprint density at radius 1 is 1.50 bits per heavy atom. The second-order valence-electron chi connectivity index (χ2n) is 2.78. The SMILES string of the molecule is C=CNC(=C)/C=C(/OC)C(C)C. The first-order chi connectivity index (χ1) is 5.61. The summed E-state index contributed by atoms with van der Waals surface area (Å²) in [5.74, 6) is 1.28. The molecule has 0 rings (SSSR count). The highest BCUT2D eigenvalue weighted by Crippen LogP contribution is 2.11. The summed E-state index contributed by atoms with van der Waals surface area (Å²) < 4.78 is 5.15. The van der Waals surface area contributed by atoms with Crippen molar-refractivity contribution in [3.63, 3.8) is 0 Å². The van der Waals surface area contributed by atoms with Crippen molar-refractivity contribution in [2.24, 2.45) is 5.92 Å². The molecular formula is C10H17NO. The van der Waals surface area contributed by atoms with Crippen LogP contribution in [0.1, 0.15) is 13.8 Å². The fourth-order valence-electron chi connectivity index (χ4n) is 0.806. The van der Waals surface area contributed by atoms with E-state index in [2.05, 4.69) is 32.3 Å². The first-order valence-corrected chi connectivity index (χ1v) is 3.93. The Labute approximate surface area is 74.6 Å². The Bertz CT molecular complexity index is 192. The summed E-state index contributed by atoms with van der Waals surface area (Å²) >= 11 is 0. The minimum Gasteiger partial charge on any atom is -0.501 e. The number of hydrogen-bond acceptors (Lipinski definition) is 2. The van der Waals surface area contributed by atoms with Crippen molar-refractivity contribution in [1.29, 1.82) is 0 Å². The van der Waals surface area contributed by atoms with E-state index < -0.39 is 0 Å². The Kier molecular flexibility index (Phi) is 4.93. The predicted molar refractivity (Wildman–Crippen MR) is 52.4 cm³/mol. The third kappa shape index (κ3) is 3.86. The monoisotopic (exact) mass is 167 g/mol. The second-order valence-corrected chi connectivity index (χ2v) is 2.78. The summed E-state index contributed by atoms with van der Waals surface area (Å²) in [5, 5.41) is 2.88. The maximum Gasteiger partial charge on any atom is 0.100 e. The van der Waals surface area contributed by atoms with E-state index in [-0.39, 0.29) is 0 Å². The molecule has 0 heterocycles. The molecule has 68 valence electrons. The molecule has 0 bridgehead atoms. The van der Waals surface area contributed by atoms with Gasteiger partial charge in [0.05, 0.1) is 7.11 Å². The molecule has 0 saturated heterocycles. The molecular weight excluding hydrogens is 150 g/mol. The zero-order valence-corrected chi connectivity index (χ0v) is 8.05. The van der Waals surface area contributed by atoms with E-state index in [1.54, 1.807) is 13.3 Å². The van der Waals surface area contributed by atoms with Crippen LogP contribution in [0.2, 0.25) is 0 Å². The summed E-state index contributed by atoms with van der Waals surface area (Å²) in [7, 11) is 1.66. The standard InChI is InChI=1S/C10H17NO/c1-6-11-9(4)7-10(12-5)8(2)3/h6-8,11H,1,4H2,2-3,5H3/b10-7+. The van der Waals surface area contributed by atoms with Gasteiger partial charge >= 0.3 is 0 Å². The Hall–Kier alpha value is -1.18. The number of hydrogen-bond donors (Lipinski definition) is 1. The van der Waals surface area contributed by atoms with Crippen molar-refractivity contribution in [1.82, 2.24) is 5.32 Å². The molecule has 1 N–H and O–H groups in total. The van der Waals surface area contributed by atoms with E-state index in [0.29, 0.717) is 5.92 Å². The van der Waals surface area contributed by atoms with Gasteiger partial charge in [-0.3, -0.25) is 0 Å². The first kappa shape index (κ1) is 10.8. The molecule has 0 amide bonds. The van der Waals surface area contributed by atoms with Gasteiger partial charge in [-0.25, -0.2) is 0 Å². The van der Waals surface area contributed by atoms with Gasteiger partial charge < -0.3 is 10.1 Å². The van der Waals surface area contributed by atoms with E-state index in [1.807, 2.05) is 6.08 Å². The largest absolute Gasteiger partial charge is 0.501 e. The minimum atomic E-state index is 0.373. The van der Waals surface area contributed by atoms with E-state index in [0.717, 1.165) is 11.5 Å². The van der Waals surface area contributed by atoms with Gasteiger partial charge in [-0.05, 0) is 12.3 Å². The number of methoxy groups -OCH3 is 1. The highest BCUT2D eigenvalue weighted by molar-refractivity contribution is 5.18. The van der Waals surface area contributed by atoms with Crippen LogP contribution < -0.4 is 5.32 Å². The van der Waals surface area contributed by atoms with Gasteiger partial charge in [-0.2, -0.15) is 0 Å². The Morgan fingerprint density at radius 2 is 2.08 bits per heavy atom. The molecule has 0 aromatic carbocycles. The molecule has 0 aliphatic heterocycles. The second kappa shape index (κ2) is 5.47. The van der Waals surface area contributed by atoms with Gasteiger partial charge in [-0.15, -0.1) is 0 Å². The molecule has 0 radical (unpaired) electrons. The van der Waals surface area contributed by atoms with Crippen LogP contribution in [0.3, 0.4) is 0 Å². The Balaban J connectivity index is 4.27. The van der Waals surface area contributed by atoms with Gasteiger partial charge in [0.1, 0.15) is 5.76 Å². The van der Waals surface area contributed by atoms with Crippen molar-refractivity contribution < 1.29 is 4.74 Å². The lowest BCUT2D eigenvalue weighted by molar-refractivity contribution is 0.253. The summed E-state index contributed by atoms with van der Waals surface area (Å²) in [6.07, 6.45) is 3.46. The molecule has 0 saturated carbocycles.